The third-order valence-electron chi connectivity index (χ3n) is 2.60. The molecule has 0 atom stereocenters. The lowest BCUT2D eigenvalue weighted by Gasteiger charge is -2.08. The van der Waals surface area contributed by atoms with Gasteiger partial charge in [-0.05, 0) is 6.07 Å². The third-order valence-corrected chi connectivity index (χ3v) is 2.60. The first kappa shape index (κ1) is 11.7. The number of nitrogens with one attached hydrogen (secondary N) is 1. The van der Waals surface area contributed by atoms with E-state index in [0.29, 0.717) is 0 Å². The maximum atomic E-state index is 5.30. The Bertz CT molecular complexity index is 479. The predicted octanol–water partition coefficient (Wildman–Crippen LogP) is 1.72. The van der Waals surface area contributed by atoms with Gasteiger partial charge in [-0.25, -0.2) is 0 Å². The molecule has 0 aliphatic carbocycles. The van der Waals surface area contributed by atoms with E-state index in [1.54, 1.807) is 11.8 Å². The van der Waals surface area contributed by atoms with Gasteiger partial charge < -0.3 is 10.1 Å². The summed E-state index contributed by atoms with van der Waals surface area (Å²) in [5.74, 6) is 0.922. The normalized spacial score (nSPS) is 10.5. The highest BCUT2D eigenvalue weighted by atomic mass is 16.5. The summed E-state index contributed by atoms with van der Waals surface area (Å²) < 4.78 is 7.10. The van der Waals surface area contributed by atoms with Crippen molar-refractivity contribution in [1.29, 1.82) is 0 Å². The van der Waals surface area contributed by atoms with Crippen molar-refractivity contribution in [3.8, 4) is 5.75 Å². The molecule has 1 aromatic carbocycles. The number of aromatic nitrogens is 2. The van der Waals surface area contributed by atoms with Crippen molar-refractivity contribution in [3.05, 3.63) is 47.8 Å². The average molecular weight is 231 g/mol. The first-order valence-electron chi connectivity index (χ1n) is 5.59. The van der Waals surface area contributed by atoms with Crippen LogP contribution in [0.5, 0.6) is 5.75 Å². The molecule has 0 aliphatic heterocycles. The van der Waals surface area contributed by atoms with Gasteiger partial charge in [-0.15, -0.1) is 0 Å². The van der Waals surface area contributed by atoms with Gasteiger partial charge in [0.2, 0.25) is 0 Å². The number of hydrogen-bond acceptors (Lipinski definition) is 3. The molecule has 4 heteroatoms. The summed E-state index contributed by atoms with van der Waals surface area (Å²) in [4.78, 5) is 0. The summed E-state index contributed by atoms with van der Waals surface area (Å²) in [7, 11) is 3.61. The minimum Gasteiger partial charge on any atom is -0.496 e. The van der Waals surface area contributed by atoms with Gasteiger partial charge in [0.15, 0.2) is 0 Å². The van der Waals surface area contributed by atoms with Crippen LogP contribution in [0.2, 0.25) is 0 Å². The van der Waals surface area contributed by atoms with E-state index in [-0.39, 0.29) is 0 Å². The Balaban J connectivity index is 1.89. The van der Waals surface area contributed by atoms with Gasteiger partial charge in [-0.2, -0.15) is 5.10 Å². The second-order valence-electron chi connectivity index (χ2n) is 3.94. The molecule has 0 aliphatic rings. The molecule has 1 aromatic heterocycles. The zero-order valence-corrected chi connectivity index (χ0v) is 10.2. The summed E-state index contributed by atoms with van der Waals surface area (Å²) in [5.41, 5.74) is 2.35. The molecule has 0 spiro atoms. The molecule has 4 nitrogen and oxygen atoms in total. The van der Waals surface area contributed by atoms with Crippen LogP contribution in [-0.2, 0) is 20.1 Å². The quantitative estimate of drug-likeness (QED) is 0.851. The van der Waals surface area contributed by atoms with Crippen molar-refractivity contribution in [2.24, 2.45) is 7.05 Å². The zero-order valence-electron chi connectivity index (χ0n) is 10.2. The van der Waals surface area contributed by atoms with E-state index in [4.69, 9.17) is 4.74 Å². The Morgan fingerprint density at radius 2 is 2.12 bits per heavy atom. The van der Waals surface area contributed by atoms with Crippen LogP contribution in [0.4, 0.5) is 0 Å². The van der Waals surface area contributed by atoms with E-state index < -0.39 is 0 Å². The molecule has 0 saturated heterocycles. The van der Waals surface area contributed by atoms with Gasteiger partial charge in [0.25, 0.3) is 0 Å². The topological polar surface area (TPSA) is 39.1 Å². The van der Waals surface area contributed by atoms with E-state index in [1.165, 1.54) is 11.1 Å². The lowest BCUT2D eigenvalue weighted by Crippen LogP contribution is -2.12. The number of para-hydroxylation sites is 1. The van der Waals surface area contributed by atoms with Crippen LogP contribution in [0.25, 0.3) is 0 Å². The Hall–Kier alpha value is -1.81. The molecular weight excluding hydrogens is 214 g/mol. The molecule has 0 saturated carbocycles. The van der Waals surface area contributed by atoms with Crippen LogP contribution in [0, 0.1) is 0 Å². The SMILES string of the molecule is COc1ccccc1CNCc1cnn(C)c1. The monoisotopic (exact) mass is 231 g/mol. The van der Waals surface area contributed by atoms with Crippen molar-refractivity contribution < 1.29 is 4.74 Å². The highest BCUT2D eigenvalue weighted by Crippen LogP contribution is 2.16. The van der Waals surface area contributed by atoms with Crippen LogP contribution in [0.15, 0.2) is 36.7 Å². The van der Waals surface area contributed by atoms with Crippen LogP contribution in [0.3, 0.4) is 0 Å². The minimum atomic E-state index is 0.791. The lowest BCUT2D eigenvalue weighted by molar-refractivity contribution is 0.407. The van der Waals surface area contributed by atoms with E-state index in [1.807, 2.05) is 37.6 Å². The molecule has 1 heterocycles. The number of hydrogen-bond donors (Lipinski definition) is 1. The first-order chi connectivity index (χ1) is 8.29. The number of methoxy groups -OCH3 is 1. The number of aryl methyl sites for hydroxylation is 1. The summed E-state index contributed by atoms with van der Waals surface area (Å²) in [6.45, 7) is 1.60. The van der Waals surface area contributed by atoms with Crippen molar-refractivity contribution >= 4 is 0 Å². The predicted molar refractivity (Wildman–Crippen MR) is 66.7 cm³/mol. The number of rotatable bonds is 5. The maximum Gasteiger partial charge on any atom is 0.123 e. The van der Waals surface area contributed by atoms with Crippen molar-refractivity contribution in [3.63, 3.8) is 0 Å². The molecule has 2 rings (SSSR count). The molecule has 0 radical (unpaired) electrons. The molecule has 1 N–H and O–H groups in total. The van der Waals surface area contributed by atoms with Gasteiger partial charge >= 0.3 is 0 Å². The van der Waals surface area contributed by atoms with Crippen molar-refractivity contribution in [2.75, 3.05) is 7.11 Å². The van der Waals surface area contributed by atoms with E-state index >= 15 is 0 Å². The Labute approximate surface area is 101 Å². The molecule has 17 heavy (non-hydrogen) atoms. The van der Waals surface area contributed by atoms with E-state index in [2.05, 4.69) is 16.5 Å². The Morgan fingerprint density at radius 1 is 1.29 bits per heavy atom. The number of ether oxygens (including phenoxy) is 1. The molecular formula is C13H17N3O. The maximum absolute atomic E-state index is 5.30. The van der Waals surface area contributed by atoms with Crippen LogP contribution in [-0.4, -0.2) is 16.9 Å². The van der Waals surface area contributed by atoms with Gasteiger partial charge in [-0.1, -0.05) is 18.2 Å². The molecule has 0 unspecified atom stereocenters. The Morgan fingerprint density at radius 3 is 2.82 bits per heavy atom. The van der Waals surface area contributed by atoms with Gasteiger partial charge in [0.05, 0.1) is 13.3 Å². The number of benzene rings is 1. The largest absolute Gasteiger partial charge is 0.496 e. The zero-order chi connectivity index (χ0) is 12.1. The molecule has 0 amide bonds. The lowest BCUT2D eigenvalue weighted by atomic mass is 10.2. The van der Waals surface area contributed by atoms with Gasteiger partial charge in [0.1, 0.15) is 5.75 Å². The van der Waals surface area contributed by atoms with Crippen LogP contribution >= 0.6 is 0 Å². The van der Waals surface area contributed by atoms with Crippen molar-refractivity contribution in [1.82, 2.24) is 15.1 Å². The summed E-state index contributed by atoms with van der Waals surface area (Å²) in [6, 6.07) is 8.03. The second-order valence-corrected chi connectivity index (χ2v) is 3.94. The minimum absolute atomic E-state index is 0.791. The smallest absolute Gasteiger partial charge is 0.123 e. The third kappa shape index (κ3) is 3.07. The van der Waals surface area contributed by atoms with Gasteiger partial charge in [-0.3, -0.25) is 4.68 Å². The summed E-state index contributed by atoms with van der Waals surface area (Å²) in [5, 5.41) is 7.50. The van der Waals surface area contributed by atoms with Gasteiger partial charge in [0, 0.05) is 37.5 Å². The van der Waals surface area contributed by atoms with E-state index in [9.17, 15) is 0 Å². The summed E-state index contributed by atoms with van der Waals surface area (Å²) >= 11 is 0. The van der Waals surface area contributed by atoms with Crippen molar-refractivity contribution in [2.45, 2.75) is 13.1 Å². The van der Waals surface area contributed by atoms with Crippen LogP contribution in [0.1, 0.15) is 11.1 Å². The average Bonchev–Trinajstić information content (AvgIpc) is 2.76. The standard InChI is InChI=1S/C13H17N3O/c1-16-10-11(8-15-16)7-14-9-12-5-3-4-6-13(12)17-2/h3-6,8,10,14H,7,9H2,1-2H3. The highest BCUT2D eigenvalue weighted by Gasteiger charge is 2.01. The fourth-order valence-electron chi connectivity index (χ4n) is 1.75. The summed E-state index contributed by atoms with van der Waals surface area (Å²) in [6.07, 6.45) is 3.88. The Kier molecular flexibility index (Phi) is 3.77. The molecule has 2 aromatic rings. The number of nitrogens with zero attached hydrogens (tertiary/aromatic N) is 2. The second kappa shape index (κ2) is 5.50. The van der Waals surface area contributed by atoms with Crippen LogP contribution < -0.4 is 10.1 Å². The fourth-order valence-corrected chi connectivity index (χ4v) is 1.75. The van der Waals surface area contributed by atoms with E-state index in [0.717, 1.165) is 18.8 Å². The highest BCUT2D eigenvalue weighted by molar-refractivity contribution is 5.33. The fraction of sp³-hybridized carbons (Fsp3) is 0.308. The molecule has 90 valence electrons. The molecule has 0 bridgehead atoms. The first-order valence-corrected chi connectivity index (χ1v) is 5.59. The molecule has 0 fully saturated rings.